The van der Waals surface area contributed by atoms with E-state index in [-0.39, 0.29) is 8.25 Å². The minimum Gasteiger partial charge on any atom is -0.211 e. The zero-order valence-electron chi connectivity index (χ0n) is 12.2. The molecule has 20 heteroatoms. The van der Waals surface area contributed by atoms with Crippen molar-refractivity contribution in [1.82, 2.24) is 8.25 Å². The highest BCUT2D eigenvalue weighted by Crippen LogP contribution is 2.24. The molecule has 0 amide bonds. The molecule has 0 aromatic heterocycles. The van der Waals surface area contributed by atoms with Crippen LogP contribution in [0, 0.1) is 0 Å². The molecule has 0 aromatic rings. The molecule has 0 fully saturated rings. The maximum Gasteiger partial charge on any atom is 0.512 e. The fraction of sp³-hybridized carbons (Fsp3) is 1.00. The normalized spacial score (nSPS) is 16.4. The van der Waals surface area contributed by atoms with E-state index in [4.69, 9.17) is 0 Å². The quantitative estimate of drug-likeness (QED) is 0.431. The number of rotatable bonds is 8. The van der Waals surface area contributed by atoms with Crippen LogP contribution in [0.15, 0.2) is 0 Å². The summed E-state index contributed by atoms with van der Waals surface area (Å²) in [5.74, 6) is -1.97. The van der Waals surface area contributed by atoms with E-state index in [2.05, 4.69) is 0 Å². The van der Waals surface area contributed by atoms with E-state index in [1.807, 2.05) is 0 Å². The minimum atomic E-state index is -6.48. The van der Waals surface area contributed by atoms with Crippen LogP contribution in [-0.4, -0.2) is 55.7 Å². The topological polar surface area (TPSA) is 161 Å². The summed E-state index contributed by atoms with van der Waals surface area (Å²) in [4.78, 5) is 0. The van der Waals surface area contributed by atoms with Crippen LogP contribution in [0.4, 0.5) is 26.3 Å². The third-order valence-electron chi connectivity index (χ3n) is 2.37. The second kappa shape index (κ2) is 7.37. The zero-order valence-corrected chi connectivity index (χ0v) is 15.4. The number of halogens is 6. The van der Waals surface area contributed by atoms with E-state index in [9.17, 15) is 60.0 Å². The van der Waals surface area contributed by atoms with Crippen molar-refractivity contribution in [2.75, 3.05) is 5.75 Å². The molecule has 0 bridgehead atoms. The Balaban J connectivity index is 5.70. The van der Waals surface area contributed by atoms with Crippen molar-refractivity contribution in [1.29, 1.82) is 0 Å². The molecule has 0 saturated heterocycles. The molecule has 0 aliphatic carbocycles. The molecule has 10 nitrogen and oxygen atoms in total. The van der Waals surface area contributed by atoms with Gasteiger partial charge in [0.1, 0.15) is 0 Å². The highest BCUT2D eigenvalue weighted by atomic mass is 32.3. The van der Waals surface area contributed by atoms with Crippen LogP contribution < -0.4 is 8.25 Å². The van der Waals surface area contributed by atoms with Crippen LogP contribution in [0.1, 0.15) is 13.3 Å². The van der Waals surface area contributed by atoms with Gasteiger partial charge in [0.25, 0.3) is 0 Å². The number of alkyl halides is 6. The average molecular weight is 480 g/mol. The molecular weight excluding hydrogens is 470 g/mol. The Morgan fingerprint density at radius 2 is 1.08 bits per heavy atom. The maximum absolute atomic E-state index is 12.2. The lowest BCUT2D eigenvalue weighted by Crippen LogP contribution is -2.48. The summed E-state index contributed by atoms with van der Waals surface area (Å²) in [5.41, 5.74) is -12.2. The van der Waals surface area contributed by atoms with E-state index in [0.717, 1.165) is 6.92 Å². The molecule has 0 aliphatic rings. The molecule has 2 N–H and O–H groups in total. The maximum atomic E-state index is 12.2. The molecule has 0 aliphatic heterocycles. The van der Waals surface area contributed by atoms with Gasteiger partial charge in [-0.3, -0.25) is 0 Å². The van der Waals surface area contributed by atoms with Crippen molar-refractivity contribution >= 4 is 40.1 Å². The molecule has 0 aromatic carbocycles. The van der Waals surface area contributed by atoms with Crippen LogP contribution in [-0.2, 0) is 40.1 Å². The first-order valence-electron chi connectivity index (χ1n) is 5.74. The number of sulfonamides is 4. The van der Waals surface area contributed by atoms with Crippen LogP contribution in [0.3, 0.4) is 0 Å². The first kappa shape index (κ1) is 25.3. The molecule has 0 radical (unpaired) electrons. The van der Waals surface area contributed by atoms with E-state index in [0.29, 0.717) is 0 Å². The van der Waals surface area contributed by atoms with E-state index >= 15 is 0 Å². The highest BCUT2D eigenvalue weighted by Gasteiger charge is 2.51. The van der Waals surface area contributed by atoms with Crippen molar-refractivity contribution in [2.45, 2.75) is 29.6 Å². The fourth-order valence-corrected chi connectivity index (χ4v) is 7.74. The highest BCUT2D eigenvalue weighted by molar-refractivity contribution is 8.07. The Hall–Kier alpha value is -0.700. The van der Waals surface area contributed by atoms with Gasteiger partial charge in [0.05, 0.1) is 11.0 Å². The second-order valence-electron chi connectivity index (χ2n) is 4.42. The van der Waals surface area contributed by atoms with Crippen molar-refractivity contribution in [3.63, 3.8) is 0 Å². The molecule has 0 rings (SSSR count). The van der Waals surface area contributed by atoms with Gasteiger partial charge >= 0.3 is 31.1 Å². The number of hydrogen-bond acceptors (Lipinski definition) is 8. The molecular formula is C6H10F6N2O8S4. The van der Waals surface area contributed by atoms with Crippen molar-refractivity contribution < 1.29 is 60.0 Å². The Kier molecular flexibility index (Phi) is 7.17. The molecule has 1 unspecified atom stereocenters. The predicted octanol–water partition coefficient (Wildman–Crippen LogP) is -0.697. The summed E-state index contributed by atoms with van der Waals surface area (Å²) in [5, 5.41) is -2.53. The Morgan fingerprint density at radius 1 is 0.731 bits per heavy atom. The SMILES string of the molecule is CCC(CS(=O)(=O)NS(=O)(=O)C(F)(F)F)S(=O)(=O)NS(=O)(=O)C(F)(F)F. The molecule has 0 saturated carbocycles. The Morgan fingerprint density at radius 3 is 1.38 bits per heavy atom. The van der Waals surface area contributed by atoms with Gasteiger partial charge in [0, 0.05) is 0 Å². The van der Waals surface area contributed by atoms with Crippen LogP contribution in [0.5, 0.6) is 0 Å². The van der Waals surface area contributed by atoms with Gasteiger partial charge in [-0.05, 0) is 6.42 Å². The molecule has 1 atom stereocenters. The first-order valence-corrected chi connectivity index (χ1v) is 11.9. The van der Waals surface area contributed by atoms with E-state index in [1.54, 1.807) is 0 Å². The van der Waals surface area contributed by atoms with Gasteiger partial charge in [-0.1, -0.05) is 6.92 Å². The van der Waals surface area contributed by atoms with Crippen molar-refractivity contribution in [3.05, 3.63) is 0 Å². The monoisotopic (exact) mass is 480 g/mol. The average Bonchev–Trinajstić information content (AvgIpc) is 2.30. The largest absolute Gasteiger partial charge is 0.512 e. The van der Waals surface area contributed by atoms with Crippen molar-refractivity contribution in [3.8, 4) is 0 Å². The van der Waals surface area contributed by atoms with Gasteiger partial charge in [-0.15, -0.1) is 8.25 Å². The molecule has 0 spiro atoms. The molecule has 158 valence electrons. The summed E-state index contributed by atoms with van der Waals surface area (Å²) in [6, 6.07) is 0. The summed E-state index contributed by atoms with van der Waals surface area (Å²) in [6.45, 7) is 0.845. The lowest BCUT2D eigenvalue weighted by atomic mass is 10.4. The van der Waals surface area contributed by atoms with E-state index < -0.39 is 68.5 Å². The summed E-state index contributed by atoms with van der Waals surface area (Å²) in [7, 11) is -24.1. The standard InChI is InChI=1S/C6H10F6N2O8S4/c1-2-4(24(17,18)14-26(21,22)6(10,11)12)3-23(15,16)13-25(19,20)5(7,8)9/h4,13-14H,2-3H2,1H3. The van der Waals surface area contributed by atoms with Gasteiger partial charge in [-0.25, -0.2) is 33.7 Å². The lowest BCUT2D eigenvalue weighted by Gasteiger charge is -2.18. The van der Waals surface area contributed by atoms with Crippen LogP contribution in [0.25, 0.3) is 0 Å². The van der Waals surface area contributed by atoms with Gasteiger partial charge in [-0.2, -0.15) is 26.3 Å². The molecule has 0 heterocycles. The smallest absolute Gasteiger partial charge is 0.211 e. The Bertz CT molecular complexity index is 930. The zero-order chi connectivity index (χ0) is 21.4. The van der Waals surface area contributed by atoms with Crippen LogP contribution >= 0.6 is 0 Å². The third-order valence-corrected chi connectivity index (χ3v) is 9.72. The molecule has 26 heavy (non-hydrogen) atoms. The number of hydrogen-bond donors (Lipinski definition) is 2. The van der Waals surface area contributed by atoms with Crippen LogP contribution in [0.2, 0.25) is 0 Å². The summed E-state index contributed by atoms with van der Waals surface area (Å²) < 4.78 is 162. The van der Waals surface area contributed by atoms with Gasteiger partial charge < -0.3 is 0 Å². The number of nitrogens with one attached hydrogen (secondary N) is 2. The van der Waals surface area contributed by atoms with E-state index in [1.165, 1.54) is 0 Å². The lowest BCUT2D eigenvalue weighted by molar-refractivity contribution is -0.0447. The third kappa shape index (κ3) is 6.48. The minimum absolute atomic E-state index is 0.158. The van der Waals surface area contributed by atoms with Gasteiger partial charge in [0.2, 0.25) is 20.0 Å². The van der Waals surface area contributed by atoms with Crippen molar-refractivity contribution in [2.24, 2.45) is 0 Å². The summed E-state index contributed by atoms with van der Waals surface area (Å²) >= 11 is 0. The second-order valence-corrected chi connectivity index (χ2v) is 12.0. The predicted molar refractivity (Wildman–Crippen MR) is 73.0 cm³/mol. The Labute approximate surface area is 144 Å². The summed E-state index contributed by atoms with van der Waals surface area (Å²) in [6.07, 6.45) is -0.893. The fourth-order valence-electron chi connectivity index (χ4n) is 1.19. The first-order chi connectivity index (χ1) is 11.1. The van der Waals surface area contributed by atoms with Gasteiger partial charge in [0.15, 0.2) is 0 Å².